The fourth-order valence-corrected chi connectivity index (χ4v) is 5.18. The summed E-state index contributed by atoms with van der Waals surface area (Å²) in [6.07, 6.45) is 1.36. The molecular formula is C27H23FN4O3S. The second-order valence-electron chi connectivity index (χ2n) is 8.35. The van der Waals surface area contributed by atoms with Crippen LogP contribution >= 0.6 is 11.8 Å². The predicted octanol–water partition coefficient (Wildman–Crippen LogP) is 5.72. The Kier molecular flexibility index (Phi) is 5.56. The summed E-state index contributed by atoms with van der Waals surface area (Å²) in [5, 5.41) is 8.78. The highest BCUT2D eigenvalue weighted by Crippen LogP contribution is 2.51. The largest absolute Gasteiger partial charge is 0.493 e. The number of halogens is 1. The number of ether oxygens (including phenoxy) is 3. The molecule has 2 aliphatic heterocycles. The summed E-state index contributed by atoms with van der Waals surface area (Å²) in [7, 11) is 3.19. The van der Waals surface area contributed by atoms with Crippen molar-refractivity contribution in [3.63, 3.8) is 0 Å². The number of aromatic nitrogens is 3. The summed E-state index contributed by atoms with van der Waals surface area (Å²) >= 11 is 1.43. The Labute approximate surface area is 211 Å². The molecule has 182 valence electrons. The van der Waals surface area contributed by atoms with Gasteiger partial charge in [0.15, 0.2) is 11.5 Å². The van der Waals surface area contributed by atoms with Crippen LogP contribution in [0.5, 0.6) is 17.2 Å². The molecule has 6 rings (SSSR count). The minimum atomic E-state index is -0.586. The Bertz CT molecular complexity index is 1500. The Morgan fingerprint density at radius 1 is 1.00 bits per heavy atom. The topological polar surface area (TPSA) is 70.4 Å². The second kappa shape index (κ2) is 8.91. The van der Waals surface area contributed by atoms with Crippen LogP contribution in [0.2, 0.25) is 0 Å². The van der Waals surface area contributed by atoms with E-state index in [1.807, 2.05) is 54.8 Å². The van der Waals surface area contributed by atoms with Crippen LogP contribution < -0.4 is 19.5 Å². The van der Waals surface area contributed by atoms with Gasteiger partial charge in [-0.15, -0.1) is 5.10 Å². The summed E-state index contributed by atoms with van der Waals surface area (Å²) in [5.41, 5.74) is 3.87. The third-order valence-corrected chi connectivity index (χ3v) is 6.99. The molecule has 3 heterocycles. The molecule has 0 saturated heterocycles. The van der Waals surface area contributed by atoms with Crippen LogP contribution in [0, 0.1) is 5.82 Å². The Morgan fingerprint density at radius 2 is 1.78 bits per heavy atom. The SMILES string of the molecule is COc1ccc([C@H]2Oc3ccccc3C3=C2[C@H](c2ccccc2F)n2nc(SC)nc2N3)cc1OC. The zero-order valence-electron chi connectivity index (χ0n) is 19.9. The van der Waals surface area contributed by atoms with Gasteiger partial charge in [0, 0.05) is 22.3 Å². The molecule has 7 nitrogen and oxygen atoms in total. The molecular weight excluding hydrogens is 479 g/mol. The molecule has 1 aromatic heterocycles. The molecule has 0 spiro atoms. The summed E-state index contributed by atoms with van der Waals surface area (Å²) in [4.78, 5) is 4.66. The molecule has 0 unspecified atom stereocenters. The van der Waals surface area contributed by atoms with Crippen molar-refractivity contribution in [3.8, 4) is 17.2 Å². The third kappa shape index (κ3) is 3.50. The molecule has 36 heavy (non-hydrogen) atoms. The predicted molar refractivity (Wildman–Crippen MR) is 136 cm³/mol. The summed E-state index contributed by atoms with van der Waals surface area (Å²) < 4.78 is 34.8. The van der Waals surface area contributed by atoms with Crippen LogP contribution in [0.3, 0.4) is 0 Å². The van der Waals surface area contributed by atoms with E-state index >= 15 is 4.39 Å². The number of nitrogens with zero attached hydrogens (tertiary/aromatic N) is 3. The van der Waals surface area contributed by atoms with E-state index in [1.165, 1.54) is 17.8 Å². The Hall–Kier alpha value is -3.98. The molecule has 0 amide bonds. The van der Waals surface area contributed by atoms with Gasteiger partial charge in [-0.3, -0.25) is 0 Å². The van der Waals surface area contributed by atoms with E-state index < -0.39 is 12.1 Å². The summed E-state index contributed by atoms with van der Waals surface area (Å²) in [6, 6.07) is 19.7. The first-order valence-corrected chi connectivity index (χ1v) is 12.6. The fourth-order valence-electron chi connectivity index (χ4n) is 4.83. The molecule has 4 aromatic rings. The van der Waals surface area contributed by atoms with Crippen LogP contribution in [-0.2, 0) is 0 Å². The van der Waals surface area contributed by atoms with E-state index in [0.717, 1.165) is 22.4 Å². The molecule has 2 atom stereocenters. The summed E-state index contributed by atoms with van der Waals surface area (Å²) in [6.45, 7) is 0. The highest BCUT2D eigenvalue weighted by Gasteiger charge is 2.42. The van der Waals surface area contributed by atoms with Gasteiger partial charge in [0.2, 0.25) is 11.1 Å². The quantitative estimate of drug-likeness (QED) is 0.350. The van der Waals surface area contributed by atoms with E-state index in [1.54, 1.807) is 31.0 Å². The lowest BCUT2D eigenvalue weighted by Crippen LogP contribution is -2.32. The van der Waals surface area contributed by atoms with Gasteiger partial charge in [0.05, 0.1) is 19.9 Å². The van der Waals surface area contributed by atoms with Crippen molar-refractivity contribution in [1.29, 1.82) is 0 Å². The van der Waals surface area contributed by atoms with Gasteiger partial charge in [-0.05, 0) is 36.6 Å². The van der Waals surface area contributed by atoms with E-state index in [4.69, 9.17) is 19.3 Å². The standard InChI is InChI=1S/C27H23FN4O3S/c1-33-20-13-12-15(14-21(20)34-2)25-22-23(17-9-5-7-11-19(17)35-25)29-26-30-27(36-3)31-32(26)24(22)16-8-4-6-10-18(16)28/h4-14,24-25H,1-3H3,(H,29,30,31)/t24-,25+/m0/s1. The number of thioether (sulfide) groups is 1. The molecule has 0 radical (unpaired) electrons. The molecule has 1 N–H and O–H groups in total. The minimum Gasteiger partial charge on any atom is -0.493 e. The zero-order valence-corrected chi connectivity index (χ0v) is 20.7. The van der Waals surface area contributed by atoms with E-state index in [2.05, 4.69) is 10.3 Å². The van der Waals surface area contributed by atoms with Crippen molar-refractivity contribution in [3.05, 3.63) is 94.8 Å². The molecule has 0 fully saturated rings. The average molecular weight is 503 g/mol. The van der Waals surface area contributed by atoms with Gasteiger partial charge in [-0.2, -0.15) is 4.98 Å². The zero-order chi connectivity index (χ0) is 24.8. The number of para-hydroxylation sites is 1. The maximum absolute atomic E-state index is 15.4. The van der Waals surface area contributed by atoms with Crippen molar-refractivity contribution >= 4 is 23.4 Å². The number of fused-ring (bicyclic) bond motifs is 3. The van der Waals surface area contributed by atoms with Crippen LogP contribution in [0.1, 0.15) is 28.8 Å². The third-order valence-electron chi connectivity index (χ3n) is 6.45. The number of benzene rings is 3. The first-order valence-electron chi connectivity index (χ1n) is 11.4. The van der Waals surface area contributed by atoms with Crippen LogP contribution in [0.4, 0.5) is 10.3 Å². The highest BCUT2D eigenvalue weighted by molar-refractivity contribution is 7.98. The van der Waals surface area contributed by atoms with E-state index in [-0.39, 0.29) is 5.82 Å². The van der Waals surface area contributed by atoms with Crippen LogP contribution in [0.25, 0.3) is 5.70 Å². The van der Waals surface area contributed by atoms with Crippen LogP contribution in [-0.4, -0.2) is 35.2 Å². The average Bonchev–Trinajstić information content (AvgIpc) is 3.34. The minimum absolute atomic E-state index is 0.326. The molecule has 0 saturated carbocycles. The molecule has 9 heteroatoms. The van der Waals surface area contributed by atoms with E-state index in [9.17, 15) is 0 Å². The van der Waals surface area contributed by atoms with Crippen molar-refractivity contribution < 1.29 is 18.6 Å². The van der Waals surface area contributed by atoms with Gasteiger partial charge in [-0.25, -0.2) is 9.07 Å². The van der Waals surface area contributed by atoms with Gasteiger partial charge in [-0.1, -0.05) is 48.2 Å². The number of hydrogen-bond donors (Lipinski definition) is 1. The lowest BCUT2D eigenvalue weighted by Gasteiger charge is -2.39. The number of methoxy groups -OCH3 is 2. The normalized spacial score (nSPS) is 17.9. The van der Waals surface area contributed by atoms with Gasteiger partial charge < -0.3 is 19.5 Å². The maximum Gasteiger partial charge on any atom is 0.227 e. The molecule has 3 aromatic carbocycles. The molecule has 0 aliphatic carbocycles. The second-order valence-corrected chi connectivity index (χ2v) is 9.13. The fraction of sp³-hybridized carbons (Fsp3) is 0.185. The number of anilines is 1. The smallest absolute Gasteiger partial charge is 0.227 e. The Morgan fingerprint density at radius 3 is 2.56 bits per heavy atom. The number of hydrogen-bond acceptors (Lipinski definition) is 7. The lowest BCUT2D eigenvalue weighted by atomic mass is 9.84. The van der Waals surface area contributed by atoms with Gasteiger partial charge in [0.25, 0.3) is 0 Å². The first kappa shape index (κ1) is 22.5. The van der Waals surface area contributed by atoms with E-state index in [0.29, 0.717) is 33.9 Å². The first-order chi connectivity index (χ1) is 17.6. The Balaban J connectivity index is 1.63. The number of rotatable bonds is 5. The maximum atomic E-state index is 15.4. The van der Waals surface area contributed by atoms with Crippen molar-refractivity contribution in [2.75, 3.05) is 25.8 Å². The monoisotopic (exact) mass is 502 g/mol. The summed E-state index contributed by atoms with van der Waals surface area (Å²) in [5.74, 6) is 2.13. The highest BCUT2D eigenvalue weighted by atomic mass is 32.2. The van der Waals surface area contributed by atoms with Crippen molar-refractivity contribution in [2.45, 2.75) is 17.3 Å². The van der Waals surface area contributed by atoms with Gasteiger partial charge >= 0.3 is 0 Å². The molecule has 0 bridgehead atoms. The van der Waals surface area contributed by atoms with Crippen molar-refractivity contribution in [2.24, 2.45) is 0 Å². The number of nitrogens with one attached hydrogen (secondary N) is 1. The van der Waals surface area contributed by atoms with Crippen LogP contribution in [0.15, 0.2) is 77.5 Å². The lowest BCUT2D eigenvalue weighted by molar-refractivity contribution is 0.221. The molecule has 2 aliphatic rings. The van der Waals surface area contributed by atoms with Crippen molar-refractivity contribution in [1.82, 2.24) is 14.8 Å². The van der Waals surface area contributed by atoms with Gasteiger partial charge in [0.1, 0.15) is 23.7 Å².